The van der Waals surface area contributed by atoms with E-state index in [0.29, 0.717) is 35.2 Å². The van der Waals surface area contributed by atoms with Crippen molar-refractivity contribution in [1.29, 1.82) is 0 Å². The van der Waals surface area contributed by atoms with Crippen LogP contribution in [0.2, 0.25) is 0 Å². The first-order chi connectivity index (χ1) is 19.9. The number of sulfone groups is 1. The Morgan fingerprint density at radius 1 is 1.14 bits per heavy atom. The van der Waals surface area contributed by atoms with Crippen molar-refractivity contribution in [2.75, 3.05) is 43.6 Å². The van der Waals surface area contributed by atoms with Crippen LogP contribution in [0.3, 0.4) is 0 Å². The SMILES string of the molecule is COc1cc(S(C)(=O)=O)ccc1NCC#Cc1cc2c(N[C@@]3(S)CCN(C(C)(C)C)C[C@@H]3F)cccc2n1CC(F)(F)F. The molecule has 0 saturated carbocycles. The Morgan fingerprint density at radius 3 is 2.47 bits per heavy atom. The van der Waals surface area contributed by atoms with Crippen LogP contribution in [-0.2, 0) is 16.4 Å². The number of hydrogen-bond acceptors (Lipinski definition) is 7. The zero-order valence-corrected chi connectivity index (χ0v) is 26.4. The smallest absolute Gasteiger partial charge is 0.406 e. The maximum atomic E-state index is 15.5. The second-order valence-electron chi connectivity index (χ2n) is 11.6. The molecule has 4 rings (SSSR count). The molecule has 0 amide bonds. The standard InChI is InChI=1S/C30H36F4N4O3S2/c1-28(2,3)37-15-13-29(42,27(31)18-37)36-23-9-6-10-25-22(23)16-20(38(25)19-30(32,33)34)8-7-14-35-24-12-11-21(43(5,39)40)17-26(24)41-4/h6,9-12,16-17,27,35-36,42H,13-15,18-19H2,1-5H3/t27-,29+/m0/s1. The highest BCUT2D eigenvalue weighted by atomic mass is 32.2. The third-order valence-corrected chi connectivity index (χ3v) is 9.16. The van der Waals surface area contributed by atoms with Crippen molar-refractivity contribution in [3.63, 3.8) is 0 Å². The van der Waals surface area contributed by atoms with Crippen LogP contribution in [0.15, 0.2) is 47.4 Å². The number of hydrogen-bond donors (Lipinski definition) is 3. The average molecular weight is 641 g/mol. The predicted molar refractivity (Wildman–Crippen MR) is 166 cm³/mol. The molecule has 43 heavy (non-hydrogen) atoms. The minimum Gasteiger partial charge on any atom is -0.495 e. The highest BCUT2D eigenvalue weighted by molar-refractivity contribution is 7.90. The summed E-state index contributed by atoms with van der Waals surface area (Å²) >= 11 is 4.68. The minimum absolute atomic E-state index is 0.0425. The largest absolute Gasteiger partial charge is 0.495 e. The summed E-state index contributed by atoms with van der Waals surface area (Å²) in [5.74, 6) is 5.95. The number of rotatable bonds is 7. The van der Waals surface area contributed by atoms with Gasteiger partial charge in [-0.15, -0.1) is 12.6 Å². The Hall–Kier alpha value is -3.08. The predicted octanol–water partition coefficient (Wildman–Crippen LogP) is 5.96. The van der Waals surface area contributed by atoms with Crippen LogP contribution in [0, 0.1) is 11.8 Å². The van der Waals surface area contributed by atoms with E-state index in [4.69, 9.17) is 4.74 Å². The summed E-state index contributed by atoms with van der Waals surface area (Å²) in [6, 6.07) is 10.8. The van der Waals surface area contributed by atoms with Gasteiger partial charge in [0.15, 0.2) is 9.84 Å². The van der Waals surface area contributed by atoms with Crippen LogP contribution in [0.25, 0.3) is 10.9 Å². The molecule has 1 aliphatic heterocycles. The molecule has 2 atom stereocenters. The number of likely N-dealkylation sites (tertiary alicyclic amines) is 1. The average Bonchev–Trinajstić information content (AvgIpc) is 3.23. The third kappa shape index (κ3) is 7.72. The summed E-state index contributed by atoms with van der Waals surface area (Å²) in [6.45, 7) is 5.63. The maximum absolute atomic E-state index is 15.5. The van der Waals surface area contributed by atoms with Crippen molar-refractivity contribution < 1.29 is 30.7 Å². The number of thiol groups is 1. The Morgan fingerprint density at radius 2 is 1.86 bits per heavy atom. The van der Waals surface area contributed by atoms with E-state index in [1.807, 2.05) is 25.7 Å². The lowest BCUT2D eigenvalue weighted by Crippen LogP contribution is -2.58. The van der Waals surface area contributed by atoms with Crippen molar-refractivity contribution in [2.45, 2.75) is 61.4 Å². The van der Waals surface area contributed by atoms with Gasteiger partial charge in [-0.3, -0.25) is 4.90 Å². The fraction of sp³-hybridized carbons (Fsp3) is 0.467. The van der Waals surface area contributed by atoms with Gasteiger partial charge in [-0.25, -0.2) is 12.8 Å². The quantitative estimate of drug-likeness (QED) is 0.128. The van der Waals surface area contributed by atoms with Crippen molar-refractivity contribution in [3.8, 4) is 17.6 Å². The van der Waals surface area contributed by atoms with Gasteiger partial charge in [0.2, 0.25) is 0 Å². The number of halogens is 4. The molecular weight excluding hydrogens is 604 g/mol. The van der Waals surface area contributed by atoms with E-state index < -0.39 is 33.6 Å². The van der Waals surface area contributed by atoms with Gasteiger partial charge in [-0.1, -0.05) is 12.0 Å². The number of nitrogens with one attached hydrogen (secondary N) is 2. The van der Waals surface area contributed by atoms with Crippen LogP contribution >= 0.6 is 12.6 Å². The van der Waals surface area contributed by atoms with Gasteiger partial charge in [0.05, 0.1) is 35.4 Å². The van der Waals surface area contributed by atoms with E-state index in [0.717, 1.165) is 10.8 Å². The molecule has 1 fully saturated rings. The molecule has 234 valence electrons. The zero-order valence-electron chi connectivity index (χ0n) is 24.6. The number of alkyl halides is 4. The van der Waals surface area contributed by atoms with Crippen molar-refractivity contribution in [3.05, 3.63) is 48.2 Å². The molecule has 2 aromatic carbocycles. The molecular formula is C30H36F4N4O3S2. The summed E-state index contributed by atoms with van der Waals surface area (Å²) in [5.41, 5.74) is 1.18. The van der Waals surface area contributed by atoms with Gasteiger partial charge in [-0.05, 0) is 63.4 Å². The number of methoxy groups -OCH3 is 1. The molecule has 1 aromatic heterocycles. The van der Waals surface area contributed by atoms with Crippen molar-refractivity contribution in [2.24, 2.45) is 0 Å². The van der Waals surface area contributed by atoms with Crippen LogP contribution in [0.4, 0.5) is 28.9 Å². The van der Waals surface area contributed by atoms with Crippen LogP contribution in [0.1, 0.15) is 32.9 Å². The van der Waals surface area contributed by atoms with Gasteiger partial charge >= 0.3 is 6.18 Å². The van der Waals surface area contributed by atoms with Gasteiger partial charge < -0.3 is 19.9 Å². The van der Waals surface area contributed by atoms with Gasteiger partial charge in [-0.2, -0.15) is 13.2 Å². The van der Waals surface area contributed by atoms with Gasteiger partial charge in [0.25, 0.3) is 0 Å². The van der Waals surface area contributed by atoms with Crippen molar-refractivity contribution in [1.82, 2.24) is 9.47 Å². The topological polar surface area (TPSA) is 75.6 Å². The first kappa shape index (κ1) is 32.8. The fourth-order valence-electron chi connectivity index (χ4n) is 5.05. The van der Waals surface area contributed by atoms with E-state index >= 15 is 4.39 Å². The summed E-state index contributed by atoms with van der Waals surface area (Å²) in [4.78, 5) is 0.929. The van der Waals surface area contributed by atoms with E-state index in [-0.39, 0.29) is 35.0 Å². The monoisotopic (exact) mass is 640 g/mol. The zero-order chi connectivity index (χ0) is 31.8. The van der Waals surface area contributed by atoms with Crippen molar-refractivity contribution >= 4 is 44.7 Å². The highest BCUT2D eigenvalue weighted by Gasteiger charge is 2.43. The first-order valence-corrected chi connectivity index (χ1v) is 15.9. The lowest BCUT2D eigenvalue weighted by atomic mass is 9.95. The summed E-state index contributed by atoms with van der Waals surface area (Å²) in [5, 5.41) is 6.68. The molecule has 2 heterocycles. The molecule has 0 bridgehead atoms. The van der Waals surface area contributed by atoms with E-state index in [1.54, 1.807) is 24.3 Å². The lowest BCUT2D eigenvalue weighted by Gasteiger charge is -2.47. The second-order valence-corrected chi connectivity index (χ2v) is 14.5. The van der Waals surface area contributed by atoms with Crippen LogP contribution < -0.4 is 15.4 Å². The normalized spacial score (nSPS) is 20.0. The summed E-state index contributed by atoms with van der Waals surface area (Å²) in [7, 11) is -2.04. The van der Waals surface area contributed by atoms with Crippen LogP contribution in [0.5, 0.6) is 5.75 Å². The van der Waals surface area contributed by atoms with Crippen LogP contribution in [-0.4, -0.2) is 73.6 Å². The number of piperidine rings is 1. The molecule has 13 heteroatoms. The number of anilines is 2. The van der Waals surface area contributed by atoms with Gasteiger partial charge in [0, 0.05) is 42.0 Å². The number of fused-ring (bicyclic) bond motifs is 1. The third-order valence-electron chi connectivity index (χ3n) is 7.43. The second kappa shape index (κ2) is 12.1. The van der Waals surface area contributed by atoms with E-state index in [9.17, 15) is 21.6 Å². The molecule has 3 aromatic rings. The maximum Gasteiger partial charge on any atom is 0.406 e. The lowest BCUT2D eigenvalue weighted by molar-refractivity contribution is -0.140. The minimum atomic E-state index is -4.51. The molecule has 0 radical (unpaired) electrons. The number of benzene rings is 2. The summed E-state index contributed by atoms with van der Waals surface area (Å²) in [6.07, 6.45) is -4.36. The molecule has 0 spiro atoms. The van der Waals surface area contributed by atoms with E-state index in [2.05, 4.69) is 35.1 Å². The number of aromatic nitrogens is 1. The first-order valence-electron chi connectivity index (χ1n) is 13.6. The Bertz CT molecular complexity index is 1660. The molecule has 1 saturated heterocycles. The van der Waals surface area contributed by atoms with E-state index in [1.165, 1.54) is 25.3 Å². The molecule has 1 aliphatic rings. The van der Waals surface area contributed by atoms with Gasteiger partial charge in [0.1, 0.15) is 23.3 Å². The summed E-state index contributed by atoms with van der Waals surface area (Å²) < 4.78 is 86.4. The molecule has 0 unspecified atom stereocenters. The Balaban J connectivity index is 1.62. The highest BCUT2D eigenvalue weighted by Crippen LogP contribution is 2.38. The molecule has 0 aliphatic carbocycles. The molecule has 7 nitrogen and oxygen atoms in total. The number of nitrogens with zero attached hydrogens (tertiary/aromatic N) is 2. The number of ether oxygens (including phenoxy) is 1. The fourth-order valence-corrected chi connectivity index (χ4v) is 5.99. The Labute approximate surface area is 255 Å². The Kier molecular flexibility index (Phi) is 9.26. The molecule has 2 N–H and O–H groups in total.